The number of aliphatic hydroxyl groups excluding tert-OH is 2. The molecule has 4 aliphatic rings. The standard InChI is InChI=1S/C24H41NO2/c1-17-6-7-20-22(27)21(9-12-23(17,20)2)24(3)11-8-19(26)16-18(24)10-15-25-13-4-5-14-25/h18-22,26-27H,1,4-16H2,2-3H3. The van der Waals surface area contributed by atoms with E-state index >= 15 is 0 Å². The second-order valence-corrected chi connectivity index (χ2v) is 10.8. The first-order valence-corrected chi connectivity index (χ1v) is 11.6. The van der Waals surface area contributed by atoms with Crippen LogP contribution < -0.4 is 0 Å². The average Bonchev–Trinajstić information content (AvgIpc) is 3.25. The Hall–Kier alpha value is -0.380. The fourth-order valence-corrected chi connectivity index (χ4v) is 7.41. The van der Waals surface area contributed by atoms with Crippen molar-refractivity contribution in [3.63, 3.8) is 0 Å². The van der Waals surface area contributed by atoms with Gasteiger partial charge in [-0.15, -0.1) is 0 Å². The predicted molar refractivity (Wildman–Crippen MR) is 110 cm³/mol. The zero-order chi connectivity index (χ0) is 19.2. The maximum atomic E-state index is 11.5. The second kappa shape index (κ2) is 7.46. The molecule has 7 unspecified atom stereocenters. The van der Waals surface area contributed by atoms with Crippen molar-refractivity contribution < 1.29 is 10.2 Å². The Bertz CT molecular complexity index is 557. The summed E-state index contributed by atoms with van der Waals surface area (Å²) < 4.78 is 0. The summed E-state index contributed by atoms with van der Waals surface area (Å²) in [7, 11) is 0. The van der Waals surface area contributed by atoms with Crippen LogP contribution in [0.5, 0.6) is 0 Å². The van der Waals surface area contributed by atoms with Gasteiger partial charge in [0.05, 0.1) is 12.2 Å². The molecule has 27 heavy (non-hydrogen) atoms. The van der Waals surface area contributed by atoms with E-state index in [4.69, 9.17) is 0 Å². The Morgan fingerprint density at radius 3 is 2.52 bits per heavy atom. The maximum absolute atomic E-state index is 11.5. The number of aliphatic hydroxyl groups is 2. The molecule has 3 heteroatoms. The number of rotatable bonds is 4. The van der Waals surface area contributed by atoms with Crippen LogP contribution in [0.3, 0.4) is 0 Å². The highest BCUT2D eigenvalue weighted by Crippen LogP contribution is 2.61. The lowest BCUT2D eigenvalue weighted by Crippen LogP contribution is -2.53. The monoisotopic (exact) mass is 375 g/mol. The lowest BCUT2D eigenvalue weighted by atomic mass is 9.51. The van der Waals surface area contributed by atoms with Crippen LogP contribution in [-0.2, 0) is 0 Å². The van der Waals surface area contributed by atoms with Gasteiger partial charge in [-0.25, -0.2) is 0 Å². The zero-order valence-electron chi connectivity index (χ0n) is 17.6. The molecule has 0 bridgehead atoms. The van der Waals surface area contributed by atoms with Crippen molar-refractivity contribution in [3.8, 4) is 0 Å². The zero-order valence-corrected chi connectivity index (χ0v) is 17.6. The molecule has 0 spiro atoms. The normalized spacial score (nSPS) is 48.7. The lowest BCUT2D eigenvalue weighted by molar-refractivity contribution is -0.120. The molecule has 3 aliphatic carbocycles. The van der Waals surface area contributed by atoms with Crippen molar-refractivity contribution in [3.05, 3.63) is 12.2 Å². The van der Waals surface area contributed by atoms with Gasteiger partial charge in [-0.2, -0.15) is 0 Å². The van der Waals surface area contributed by atoms with E-state index in [1.54, 1.807) is 0 Å². The minimum atomic E-state index is -0.197. The van der Waals surface area contributed by atoms with Crippen LogP contribution in [-0.4, -0.2) is 47.0 Å². The SMILES string of the molecule is C=C1CCC2C(O)C(C3(C)CCC(O)CC3CCN3CCCC3)CCC12C. The summed E-state index contributed by atoms with van der Waals surface area (Å²) in [6.45, 7) is 12.8. The highest BCUT2D eigenvalue weighted by atomic mass is 16.3. The predicted octanol–water partition coefficient (Wildman–Crippen LogP) is 4.38. The molecular weight excluding hydrogens is 334 g/mol. The molecule has 0 aromatic heterocycles. The summed E-state index contributed by atoms with van der Waals surface area (Å²) in [4.78, 5) is 2.61. The van der Waals surface area contributed by atoms with Gasteiger partial charge in [-0.3, -0.25) is 0 Å². The van der Waals surface area contributed by atoms with Crippen LogP contribution in [0.2, 0.25) is 0 Å². The number of hydrogen-bond acceptors (Lipinski definition) is 3. The van der Waals surface area contributed by atoms with Gasteiger partial charge in [0, 0.05) is 0 Å². The molecule has 0 amide bonds. The Labute approximate surface area is 166 Å². The molecule has 4 rings (SSSR count). The topological polar surface area (TPSA) is 43.7 Å². The minimum absolute atomic E-state index is 0.140. The summed E-state index contributed by atoms with van der Waals surface area (Å²) in [6, 6.07) is 0. The van der Waals surface area contributed by atoms with Crippen LogP contribution >= 0.6 is 0 Å². The Kier molecular flexibility index (Phi) is 5.50. The van der Waals surface area contributed by atoms with Crippen LogP contribution in [0.1, 0.15) is 78.1 Å². The molecule has 1 heterocycles. The Balaban J connectivity index is 1.51. The molecule has 1 saturated heterocycles. The molecule has 0 aromatic rings. The highest BCUT2D eigenvalue weighted by Gasteiger charge is 2.56. The highest BCUT2D eigenvalue weighted by molar-refractivity contribution is 5.21. The third kappa shape index (κ3) is 3.42. The first-order chi connectivity index (χ1) is 12.8. The summed E-state index contributed by atoms with van der Waals surface area (Å²) in [5.74, 6) is 1.32. The first kappa shape index (κ1) is 19.9. The van der Waals surface area contributed by atoms with Crippen LogP contribution in [0, 0.1) is 28.6 Å². The molecular formula is C24H41NO2. The molecule has 2 N–H and O–H groups in total. The van der Waals surface area contributed by atoms with Gasteiger partial charge in [0.2, 0.25) is 0 Å². The van der Waals surface area contributed by atoms with Gasteiger partial charge in [0.25, 0.3) is 0 Å². The van der Waals surface area contributed by atoms with Crippen molar-refractivity contribution in [2.24, 2.45) is 28.6 Å². The van der Waals surface area contributed by atoms with E-state index in [0.717, 1.165) is 38.5 Å². The number of allylic oxidation sites excluding steroid dienone is 1. The van der Waals surface area contributed by atoms with Gasteiger partial charge in [0.1, 0.15) is 0 Å². The first-order valence-electron chi connectivity index (χ1n) is 11.6. The fourth-order valence-electron chi connectivity index (χ4n) is 7.41. The second-order valence-electron chi connectivity index (χ2n) is 10.8. The van der Waals surface area contributed by atoms with Crippen molar-refractivity contribution in [2.75, 3.05) is 19.6 Å². The van der Waals surface area contributed by atoms with E-state index in [2.05, 4.69) is 25.3 Å². The van der Waals surface area contributed by atoms with E-state index in [1.807, 2.05) is 0 Å². The van der Waals surface area contributed by atoms with E-state index in [0.29, 0.717) is 17.8 Å². The minimum Gasteiger partial charge on any atom is -0.393 e. The van der Waals surface area contributed by atoms with Gasteiger partial charge >= 0.3 is 0 Å². The maximum Gasteiger partial charge on any atom is 0.0610 e. The van der Waals surface area contributed by atoms with Crippen LogP contribution in [0.4, 0.5) is 0 Å². The molecule has 1 aliphatic heterocycles. The van der Waals surface area contributed by atoms with Gasteiger partial charge < -0.3 is 15.1 Å². The van der Waals surface area contributed by atoms with Crippen molar-refractivity contribution in [1.82, 2.24) is 4.90 Å². The van der Waals surface area contributed by atoms with Crippen molar-refractivity contribution >= 4 is 0 Å². The van der Waals surface area contributed by atoms with Gasteiger partial charge in [0.15, 0.2) is 0 Å². The third-order valence-electron chi connectivity index (χ3n) is 9.53. The van der Waals surface area contributed by atoms with E-state index in [1.165, 1.54) is 50.9 Å². The molecule has 4 fully saturated rings. The molecule has 7 atom stereocenters. The van der Waals surface area contributed by atoms with Gasteiger partial charge in [-0.05, 0) is 112 Å². The van der Waals surface area contributed by atoms with Gasteiger partial charge in [-0.1, -0.05) is 26.0 Å². The number of hydrogen-bond donors (Lipinski definition) is 2. The lowest BCUT2D eigenvalue weighted by Gasteiger charge is -2.55. The van der Waals surface area contributed by atoms with Crippen LogP contribution in [0.15, 0.2) is 12.2 Å². The third-order valence-corrected chi connectivity index (χ3v) is 9.53. The number of likely N-dealkylation sites (tertiary alicyclic amines) is 1. The summed E-state index contributed by atoms with van der Waals surface area (Å²) in [5.41, 5.74) is 1.70. The summed E-state index contributed by atoms with van der Waals surface area (Å²) >= 11 is 0. The van der Waals surface area contributed by atoms with Crippen molar-refractivity contribution in [1.29, 1.82) is 0 Å². The number of nitrogens with zero attached hydrogens (tertiary/aromatic N) is 1. The largest absolute Gasteiger partial charge is 0.393 e. The summed E-state index contributed by atoms with van der Waals surface area (Å²) in [6.07, 6.45) is 11.0. The molecule has 3 nitrogen and oxygen atoms in total. The van der Waals surface area contributed by atoms with Crippen LogP contribution in [0.25, 0.3) is 0 Å². The Morgan fingerprint density at radius 2 is 1.78 bits per heavy atom. The number of fused-ring (bicyclic) bond motifs is 1. The fraction of sp³-hybridized carbons (Fsp3) is 0.917. The van der Waals surface area contributed by atoms with E-state index < -0.39 is 0 Å². The molecule has 0 aromatic carbocycles. The Morgan fingerprint density at radius 1 is 1.04 bits per heavy atom. The van der Waals surface area contributed by atoms with E-state index in [-0.39, 0.29) is 23.0 Å². The molecule has 0 radical (unpaired) electrons. The average molecular weight is 376 g/mol. The molecule has 3 saturated carbocycles. The molecule has 154 valence electrons. The summed E-state index contributed by atoms with van der Waals surface area (Å²) in [5, 5.41) is 21.9. The smallest absolute Gasteiger partial charge is 0.0610 e. The van der Waals surface area contributed by atoms with Crippen molar-refractivity contribution in [2.45, 2.75) is 90.3 Å². The quantitative estimate of drug-likeness (QED) is 0.717. The van der Waals surface area contributed by atoms with E-state index in [9.17, 15) is 10.2 Å².